The van der Waals surface area contributed by atoms with Crippen molar-refractivity contribution in [3.8, 4) is 5.75 Å². The summed E-state index contributed by atoms with van der Waals surface area (Å²) in [5.74, 6) is 1.32. The van der Waals surface area contributed by atoms with Gasteiger partial charge in [0.05, 0.1) is 5.52 Å². The van der Waals surface area contributed by atoms with Gasteiger partial charge in [0.1, 0.15) is 5.52 Å². The van der Waals surface area contributed by atoms with Gasteiger partial charge in [-0.25, -0.2) is 9.78 Å². The van der Waals surface area contributed by atoms with E-state index in [1.807, 2.05) is 12.1 Å². The number of anilines is 1. The van der Waals surface area contributed by atoms with E-state index in [2.05, 4.69) is 28.6 Å². The molecule has 0 atom stereocenters. The first kappa shape index (κ1) is 15.6. The Morgan fingerprint density at radius 2 is 2.17 bits per heavy atom. The Bertz CT molecular complexity index is 702. The van der Waals surface area contributed by atoms with Gasteiger partial charge in [0, 0.05) is 25.7 Å². The summed E-state index contributed by atoms with van der Waals surface area (Å²) in [4.78, 5) is 18.2. The van der Waals surface area contributed by atoms with Crippen LogP contribution in [0.5, 0.6) is 5.75 Å². The van der Waals surface area contributed by atoms with Crippen LogP contribution in [0.25, 0.3) is 11.0 Å². The second-order valence-corrected chi connectivity index (χ2v) is 6.01. The van der Waals surface area contributed by atoms with Gasteiger partial charge in [-0.05, 0) is 38.9 Å². The number of nitrogens with zero attached hydrogens (tertiary/aromatic N) is 3. The molecular weight excluding hydrogens is 294 g/mol. The number of para-hydroxylation sites is 1. The summed E-state index contributed by atoms with van der Waals surface area (Å²) in [5, 5.41) is 3.40. The van der Waals surface area contributed by atoms with Crippen molar-refractivity contribution in [3.05, 3.63) is 18.2 Å². The highest BCUT2D eigenvalue weighted by Crippen LogP contribution is 2.32. The quantitative estimate of drug-likeness (QED) is 0.903. The van der Waals surface area contributed by atoms with Gasteiger partial charge in [-0.3, -0.25) is 0 Å². The molecule has 7 nitrogen and oxygen atoms in total. The summed E-state index contributed by atoms with van der Waals surface area (Å²) in [7, 11) is 0. The lowest BCUT2D eigenvalue weighted by Gasteiger charge is -2.24. The Morgan fingerprint density at radius 3 is 2.91 bits per heavy atom. The van der Waals surface area contributed by atoms with Crippen LogP contribution in [0.4, 0.5) is 10.7 Å². The molecule has 0 aliphatic carbocycles. The number of carbonyl (C=O) groups excluding carboxylic acids is 1. The number of hydrogen-bond donors (Lipinski definition) is 2. The number of nitrogens with two attached hydrogens (primary N) is 1. The van der Waals surface area contributed by atoms with Gasteiger partial charge >= 0.3 is 6.09 Å². The Labute approximate surface area is 135 Å². The standard InChI is InChI=1S/C16H23N5O2/c1-11(2)21-12-5-3-6-13(23-15(17)22)14(12)19-16(21)20-9-4-7-18-8-10-20/h3,5-6,11,18H,4,7-10H2,1-2H3,(H2,17,22). The molecular formula is C16H23N5O2. The summed E-state index contributed by atoms with van der Waals surface area (Å²) in [5.41, 5.74) is 6.79. The largest absolute Gasteiger partial charge is 0.410 e. The van der Waals surface area contributed by atoms with Crippen molar-refractivity contribution >= 4 is 23.1 Å². The zero-order chi connectivity index (χ0) is 16.4. The van der Waals surface area contributed by atoms with Crippen LogP contribution in [-0.4, -0.2) is 41.8 Å². The van der Waals surface area contributed by atoms with Crippen LogP contribution in [0.15, 0.2) is 18.2 Å². The molecule has 23 heavy (non-hydrogen) atoms. The molecule has 7 heteroatoms. The van der Waals surface area contributed by atoms with E-state index in [-0.39, 0.29) is 6.04 Å². The van der Waals surface area contributed by atoms with E-state index < -0.39 is 6.09 Å². The van der Waals surface area contributed by atoms with Gasteiger partial charge in [0.25, 0.3) is 0 Å². The van der Waals surface area contributed by atoms with Gasteiger partial charge in [-0.1, -0.05) is 6.07 Å². The maximum atomic E-state index is 11.1. The lowest BCUT2D eigenvalue weighted by Crippen LogP contribution is -2.30. The third-order valence-corrected chi connectivity index (χ3v) is 4.01. The molecule has 1 aromatic heterocycles. The fourth-order valence-electron chi connectivity index (χ4n) is 3.05. The smallest absolute Gasteiger partial charge is 0.408 e. The predicted molar refractivity (Wildman–Crippen MR) is 90.0 cm³/mol. The van der Waals surface area contributed by atoms with Crippen molar-refractivity contribution in [1.82, 2.24) is 14.9 Å². The maximum Gasteiger partial charge on any atom is 0.410 e. The Morgan fingerprint density at radius 1 is 1.35 bits per heavy atom. The minimum atomic E-state index is -0.822. The maximum absolute atomic E-state index is 11.1. The molecule has 0 spiro atoms. The average Bonchev–Trinajstić information content (AvgIpc) is 2.69. The first-order chi connectivity index (χ1) is 11.1. The highest BCUT2D eigenvalue weighted by molar-refractivity contribution is 5.87. The number of ether oxygens (including phenoxy) is 1. The summed E-state index contributed by atoms with van der Waals surface area (Å²) < 4.78 is 7.31. The Hall–Kier alpha value is -2.28. The van der Waals surface area contributed by atoms with Gasteiger partial charge in [-0.2, -0.15) is 0 Å². The predicted octanol–water partition coefficient (Wildman–Crippen LogP) is 1.87. The van der Waals surface area contributed by atoms with Crippen molar-refractivity contribution in [3.63, 3.8) is 0 Å². The molecule has 2 aromatic rings. The highest BCUT2D eigenvalue weighted by Gasteiger charge is 2.22. The Balaban J connectivity index is 2.12. The van der Waals surface area contributed by atoms with Crippen LogP contribution >= 0.6 is 0 Å². The van der Waals surface area contributed by atoms with Crippen LogP contribution < -0.4 is 20.7 Å². The lowest BCUT2D eigenvalue weighted by molar-refractivity contribution is 0.211. The van der Waals surface area contributed by atoms with E-state index in [4.69, 9.17) is 15.5 Å². The molecule has 3 rings (SSSR count). The topological polar surface area (TPSA) is 85.4 Å². The number of aromatic nitrogens is 2. The lowest BCUT2D eigenvalue weighted by atomic mass is 10.2. The van der Waals surface area contributed by atoms with Gasteiger partial charge < -0.3 is 25.3 Å². The van der Waals surface area contributed by atoms with Crippen LogP contribution in [-0.2, 0) is 0 Å². The second-order valence-electron chi connectivity index (χ2n) is 6.01. The molecule has 0 saturated carbocycles. The number of primary amides is 1. The first-order valence-corrected chi connectivity index (χ1v) is 8.02. The monoisotopic (exact) mass is 317 g/mol. The van der Waals surface area contributed by atoms with Crippen LogP contribution in [0, 0.1) is 0 Å². The van der Waals surface area contributed by atoms with Crippen LogP contribution in [0.1, 0.15) is 26.3 Å². The van der Waals surface area contributed by atoms with E-state index in [1.165, 1.54) is 0 Å². The Kier molecular flexibility index (Phi) is 4.38. The molecule has 1 amide bonds. The summed E-state index contributed by atoms with van der Waals surface area (Å²) in [6.45, 7) is 8.07. The van der Waals surface area contributed by atoms with Gasteiger partial charge in [-0.15, -0.1) is 0 Å². The minimum Gasteiger partial charge on any atom is -0.408 e. The zero-order valence-electron chi connectivity index (χ0n) is 13.6. The van der Waals surface area contributed by atoms with Crippen LogP contribution in [0.2, 0.25) is 0 Å². The van der Waals surface area contributed by atoms with E-state index >= 15 is 0 Å². The van der Waals surface area contributed by atoms with E-state index in [0.29, 0.717) is 11.3 Å². The average molecular weight is 317 g/mol. The number of fused-ring (bicyclic) bond motifs is 1. The molecule has 2 heterocycles. The van der Waals surface area contributed by atoms with Crippen molar-refractivity contribution in [2.75, 3.05) is 31.1 Å². The molecule has 1 aromatic carbocycles. The molecule has 1 fully saturated rings. The summed E-state index contributed by atoms with van der Waals surface area (Å²) in [6, 6.07) is 5.82. The molecule has 1 saturated heterocycles. The molecule has 124 valence electrons. The number of rotatable bonds is 3. The van der Waals surface area contributed by atoms with Crippen molar-refractivity contribution < 1.29 is 9.53 Å². The fraction of sp³-hybridized carbons (Fsp3) is 0.500. The third-order valence-electron chi connectivity index (χ3n) is 4.01. The molecule has 0 radical (unpaired) electrons. The van der Waals surface area contributed by atoms with Crippen LogP contribution in [0.3, 0.4) is 0 Å². The molecule has 3 N–H and O–H groups in total. The second kappa shape index (κ2) is 6.45. The SMILES string of the molecule is CC(C)n1c(N2CCCNCC2)nc2c(OC(N)=O)cccc21. The third kappa shape index (κ3) is 3.10. The molecule has 1 aliphatic rings. The molecule has 0 unspecified atom stereocenters. The van der Waals surface area contributed by atoms with Crippen molar-refractivity contribution in [2.24, 2.45) is 5.73 Å². The van der Waals surface area contributed by atoms with E-state index in [9.17, 15) is 4.79 Å². The van der Waals surface area contributed by atoms with E-state index in [1.54, 1.807) is 6.07 Å². The van der Waals surface area contributed by atoms with Gasteiger partial charge in [0.2, 0.25) is 5.95 Å². The van der Waals surface area contributed by atoms with Gasteiger partial charge in [0.15, 0.2) is 5.75 Å². The highest BCUT2D eigenvalue weighted by atomic mass is 16.5. The number of carbonyl (C=O) groups is 1. The molecule has 0 bridgehead atoms. The minimum absolute atomic E-state index is 0.245. The van der Waals surface area contributed by atoms with Crippen molar-refractivity contribution in [2.45, 2.75) is 26.3 Å². The zero-order valence-corrected chi connectivity index (χ0v) is 13.6. The number of imidazole rings is 1. The van der Waals surface area contributed by atoms with E-state index in [0.717, 1.165) is 44.1 Å². The summed E-state index contributed by atoms with van der Waals surface area (Å²) in [6.07, 6.45) is 0.253. The summed E-state index contributed by atoms with van der Waals surface area (Å²) >= 11 is 0. The number of amides is 1. The fourth-order valence-corrected chi connectivity index (χ4v) is 3.05. The number of nitrogens with one attached hydrogen (secondary N) is 1. The molecule has 1 aliphatic heterocycles. The number of hydrogen-bond acceptors (Lipinski definition) is 5. The number of benzene rings is 1. The van der Waals surface area contributed by atoms with Crippen molar-refractivity contribution in [1.29, 1.82) is 0 Å². The normalized spacial score (nSPS) is 15.9. The first-order valence-electron chi connectivity index (χ1n) is 8.02.